The average molecular weight is 350 g/mol. The van der Waals surface area contributed by atoms with Crippen LogP contribution in [0.4, 0.5) is 14.5 Å². The number of hydrogen-bond donors (Lipinski definition) is 1. The van der Waals surface area contributed by atoms with Gasteiger partial charge >= 0.3 is 0 Å². The summed E-state index contributed by atoms with van der Waals surface area (Å²) in [6, 6.07) is 5.96. The Morgan fingerprint density at radius 1 is 1.16 bits per heavy atom. The molecule has 25 heavy (non-hydrogen) atoms. The van der Waals surface area contributed by atoms with E-state index in [1.54, 1.807) is 0 Å². The summed E-state index contributed by atoms with van der Waals surface area (Å²) in [6.07, 6.45) is 1.32. The van der Waals surface area contributed by atoms with E-state index in [1.807, 2.05) is 20.8 Å². The van der Waals surface area contributed by atoms with Gasteiger partial charge in [-0.25, -0.2) is 13.8 Å². The summed E-state index contributed by atoms with van der Waals surface area (Å²) in [7, 11) is 0. The van der Waals surface area contributed by atoms with Crippen LogP contribution in [0.2, 0.25) is 0 Å². The van der Waals surface area contributed by atoms with E-state index in [-0.39, 0.29) is 16.9 Å². The number of rotatable bonds is 6. The smallest absolute Gasteiger partial charge is 0.257 e. The summed E-state index contributed by atoms with van der Waals surface area (Å²) in [4.78, 5) is 16.1. The lowest BCUT2D eigenvalue weighted by Crippen LogP contribution is -2.22. The first kappa shape index (κ1) is 18.8. The number of pyridine rings is 1. The van der Waals surface area contributed by atoms with Gasteiger partial charge in [-0.2, -0.15) is 0 Å². The van der Waals surface area contributed by atoms with Gasteiger partial charge in [0, 0.05) is 18.3 Å². The first-order valence-electron chi connectivity index (χ1n) is 7.74. The van der Waals surface area contributed by atoms with Gasteiger partial charge in [-0.05, 0) is 39.0 Å². The van der Waals surface area contributed by atoms with Crippen LogP contribution in [0, 0.1) is 11.6 Å². The van der Waals surface area contributed by atoms with E-state index in [0.29, 0.717) is 25.2 Å². The van der Waals surface area contributed by atoms with Crippen molar-refractivity contribution < 1.29 is 23.0 Å². The van der Waals surface area contributed by atoms with Crippen molar-refractivity contribution in [2.75, 3.05) is 18.5 Å². The molecule has 0 fully saturated rings. The highest BCUT2D eigenvalue weighted by atomic mass is 19.1. The third-order valence-corrected chi connectivity index (χ3v) is 3.05. The average Bonchev–Trinajstić information content (AvgIpc) is 2.54. The van der Waals surface area contributed by atoms with Crippen molar-refractivity contribution in [3.8, 4) is 5.88 Å². The lowest BCUT2D eigenvalue weighted by atomic mass is 10.2. The second-order valence-corrected chi connectivity index (χ2v) is 6.27. The minimum absolute atomic E-state index is 0.106. The predicted octanol–water partition coefficient (Wildman–Crippen LogP) is 3.81. The number of carbonyl (C=O) groups is 1. The fourth-order valence-corrected chi connectivity index (χ4v) is 1.88. The van der Waals surface area contributed by atoms with Gasteiger partial charge in [-0.3, -0.25) is 4.79 Å². The summed E-state index contributed by atoms with van der Waals surface area (Å²) in [6.45, 7) is 6.59. The third kappa shape index (κ3) is 6.11. The Morgan fingerprint density at radius 2 is 1.92 bits per heavy atom. The fraction of sp³-hybridized carbons (Fsp3) is 0.333. The SMILES string of the molecule is CC(C)(C)OCCOc1ccc(C(=O)Nc2ccc(F)cc2F)cn1. The molecule has 1 aromatic heterocycles. The number of nitrogens with zero attached hydrogens (tertiary/aromatic N) is 1. The van der Waals surface area contributed by atoms with Gasteiger partial charge in [0.2, 0.25) is 5.88 Å². The lowest BCUT2D eigenvalue weighted by Gasteiger charge is -2.19. The van der Waals surface area contributed by atoms with Crippen molar-refractivity contribution in [2.24, 2.45) is 0 Å². The van der Waals surface area contributed by atoms with E-state index < -0.39 is 17.5 Å². The van der Waals surface area contributed by atoms with Crippen LogP contribution < -0.4 is 10.1 Å². The molecule has 7 heteroatoms. The molecule has 0 aliphatic rings. The maximum Gasteiger partial charge on any atom is 0.257 e. The van der Waals surface area contributed by atoms with Gasteiger partial charge in [0.05, 0.1) is 23.5 Å². The number of nitrogens with one attached hydrogen (secondary N) is 1. The molecule has 134 valence electrons. The third-order valence-electron chi connectivity index (χ3n) is 3.05. The molecular formula is C18H20F2N2O3. The van der Waals surface area contributed by atoms with Crippen molar-refractivity contribution in [1.29, 1.82) is 0 Å². The number of aromatic nitrogens is 1. The maximum atomic E-state index is 13.5. The Morgan fingerprint density at radius 3 is 2.52 bits per heavy atom. The number of benzene rings is 1. The summed E-state index contributed by atoms with van der Waals surface area (Å²) < 4.78 is 37.3. The summed E-state index contributed by atoms with van der Waals surface area (Å²) >= 11 is 0. The second-order valence-electron chi connectivity index (χ2n) is 6.27. The molecule has 1 aromatic carbocycles. The molecular weight excluding hydrogens is 330 g/mol. The predicted molar refractivity (Wildman–Crippen MR) is 89.7 cm³/mol. The molecule has 0 saturated carbocycles. The fourth-order valence-electron chi connectivity index (χ4n) is 1.88. The summed E-state index contributed by atoms with van der Waals surface area (Å²) in [5.74, 6) is -1.77. The summed E-state index contributed by atoms with van der Waals surface area (Å²) in [5, 5.41) is 2.36. The molecule has 0 radical (unpaired) electrons. The van der Waals surface area contributed by atoms with Crippen molar-refractivity contribution in [1.82, 2.24) is 4.98 Å². The van der Waals surface area contributed by atoms with E-state index in [9.17, 15) is 13.6 Å². The molecule has 5 nitrogen and oxygen atoms in total. The number of amides is 1. The van der Waals surface area contributed by atoms with Crippen LogP contribution in [0.5, 0.6) is 5.88 Å². The van der Waals surface area contributed by atoms with Gasteiger partial charge in [0.15, 0.2) is 0 Å². The summed E-state index contributed by atoms with van der Waals surface area (Å²) in [5.41, 5.74) is -0.123. The van der Waals surface area contributed by atoms with Crippen molar-refractivity contribution in [2.45, 2.75) is 26.4 Å². The highest BCUT2D eigenvalue weighted by Crippen LogP contribution is 2.16. The van der Waals surface area contributed by atoms with E-state index in [1.165, 1.54) is 18.3 Å². The number of anilines is 1. The second kappa shape index (κ2) is 8.02. The van der Waals surface area contributed by atoms with Crippen LogP contribution in [0.1, 0.15) is 31.1 Å². The maximum absolute atomic E-state index is 13.5. The first-order chi connectivity index (χ1) is 11.7. The zero-order chi connectivity index (χ0) is 18.4. The normalized spacial score (nSPS) is 11.2. The van der Waals surface area contributed by atoms with E-state index in [2.05, 4.69) is 10.3 Å². The Kier molecular flexibility index (Phi) is 6.03. The Balaban J connectivity index is 1.89. The van der Waals surface area contributed by atoms with Gasteiger partial charge in [-0.1, -0.05) is 0 Å². The van der Waals surface area contributed by atoms with Gasteiger partial charge < -0.3 is 14.8 Å². The Hall–Kier alpha value is -2.54. The monoisotopic (exact) mass is 350 g/mol. The molecule has 0 spiro atoms. The zero-order valence-electron chi connectivity index (χ0n) is 14.3. The van der Waals surface area contributed by atoms with Crippen molar-refractivity contribution in [3.05, 3.63) is 53.7 Å². The molecule has 1 heterocycles. The Bertz CT molecular complexity index is 728. The van der Waals surface area contributed by atoms with E-state index in [0.717, 1.165) is 12.1 Å². The largest absolute Gasteiger partial charge is 0.475 e. The number of carbonyl (C=O) groups excluding carboxylic acids is 1. The van der Waals surface area contributed by atoms with E-state index in [4.69, 9.17) is 9.47 Å². The van der Waals surface area contributed by atoms with Crippen LogP contribution in [0.25, 0.3) is 0 Å². The van der Waals surface area contributed by atoms with E-state index >= 15 is 0 Å². The minimum atomic E-state index is -0.847. The standard InChI is InChI=1S/C18H20F2N2O3/c1-18(2,3)25-9-8-24-16-7-4-12(11-21-16)17(23)22-15-6-5-13(19)10-14(15)20/h4-7,10-11H,8-9H2,1-3H3,(H,22,23). The van der Waals surface area contributed by atoms with Crippen LogP contribution in [0.15, 0.2) is 36.5 Å². The number of hydrogen-bond acceptors (Lipinski definition) is 4. The quantitative estimate of drug-likeness (QED) is 0.805. The topological polar surface area (TPSA) is 60.5 Å². The molecule has 0 unspecified atom stereocenters. The molecule has 2 aromatic rings. The Labute approximate surface area is 145 Å². The van der Waals surface area contributed by atoms with Gasteiger partial charge in [0.25, 0.3) is 5.91 Å². The van der Waals surface area contributed by atoms with Crippen LogP contribution in [0.3, 0.4) is 0 Å². The first-order valence-corrected chi connectivity index (χ1v) is 7.74. The zero-order valence-corrected chi connectivity index (χ0v) is 14.3. The molecule has 0 atom stereocenters. The molecule has 1 amide bonds. The highest BCUT2D eigenvalue weighted by molar-refractivity contribution is 6.04. The van der Waals surface area contributed by atoms with Crippen LogP contribution >= 0.6 is 0 Å². The lowest BCUT2D eigenvalue weighted by molar-refractivity contribution is -0.0168. The number of ether oxygens (including phenoxy) is 2. The molecule has 1 N–H and O–H groups in total. The minimum Gasteiger partial charge on any atom is -0.475 e. The number of halogens is 2. The molecule has 2 rings (SSSR count). The van der Waals surface area contributed by atoms with Crippen LogP contribution in [-0.4, -0.2) is 29.7 Å². The van der Waals surface area contributed by atoms with Gasteiger partial charge in [0.1, 0.15) is 18.2 Å². The molecule has 0 saturated heterocycles. The molecule has 0 aliphatic heterocycles. The van der Waals surface area contributed by atoms with Crippen molar-refractivity contribution in [3.63, 3.8) is 0 Å². The van der Waals surface area contributed by atoms with Gasteiger partial charge in [-0.15, -0.1) is 0 Å². The van der Waals surface area contributed by atoms with Crippen LogP contribution in [-0.2, 0) is 4.74 Å². The molecule has 0 aliphatic carbocycles. The van der Waals surface area contributed by atoms with Crippen molar-refractivity contribution >= 4 is 11.6 Å². The highest BCUT2D eigenvalue weighted by Gasteiger charge is 2.12. The molecule has 0 bridgehead atoms.